The molecule has 1 atom stereocenters. The van der Waals surface area contributed by atoms with Gasteiger partial charge in [0.05, 0.1) is 10.9 Å². The van der Waals surface area contributed by atoms with Crippen molar-refractivity contribution in [3.63, 3.8) is 0 Å². The molecule has 0 aliphatic carbocycles. The van der Waals surface area contributed by atoms with Gasteiger partial charge in [-0.1, -0.05) is 25.8 Å². The van der Waals surface area contributed by atoms with E-state index in [0.29, 0.717) is 12.1 Å². The number of nitrogens with one attached hydrogen (secondary N) is 1. The highest BCUT2D eigenvalue weighted by atomic mass is 32.2. The predicted octanol–water partition coefficient (Wildman–Crippen LogP) is 1.85. The molecule has 0 radical (unpaired) electrons. The van der Waals surface area contributed by atoms with Crippen molar-refractivity contribution in [1.82, 2.24) is 0 Å². The Morgan fingerprint density at radius 2 is 2.05 bits per heavy atom. The zero-order chi connectivity index (χ0) is 15.3. The highest BCUT2D eigenvalue weighted by Gasteiger charge is 2.15. The van der Waals surface area contributed by atoms with Gasteiger partial charge in [-0.3, -0.25) is 4.79 Å². The molecule has 1 aromatic rings. The van der Waals surface area contributed by atoms with Crippen LogP contribution < -0.4 is 11.1 Å². The highest BCUT2D eigenvalue weighted by Crippen LogP contribution is 2.20. The molecule has 1 rings (SSSR count). The first-order valence-electron chi connectivity index (χ1n) is 6.63. The summed E-state index contributed by atoms with van der Waals surface area (Å²) in [5.74, 6) is -0.285. The fraction of sp³-hybridized carbons (Fsp3) is 0.500. The number of hydrogen-bond donors (Lipinski definition) is 2. The second-order valence-electron chi connectivity index (χ2n) is 4.99. The Balaban J connectivity index is 2.89. The third kappa shape index (κ3) is 4.61. The quantitative estimate of drug-likeness (QED) is 0.839. The molecule has 0 unspecified atom stereocenters. The van der Waals surface area contributed by atoms with Gasteiger partial charge in [0.25, 0.3) is 0 Å². The fourth-order valence-corrected chi connectivity index (χ4v) is 2.39. The van der Waals surface area contributed by atoms with E-state index in [-0.39, 0.29) is 10.8 Å². The lowest BCUT2D eigenvalue weighted by molar-refractivity contribution is -0.117. The van der Waals surface area contributed by atoms with E-state index in [1.165, 1.54) is 12.1 Å². The highest BCUT2D eigenvalue weighted by molar-refractivity contribution is 7.90. The SMILES string of the molecule is CCCC[C@H](N)C(=O)Nc1cc(S(C)(=O)=O)ccc1C. The molecule has 5 nitrogen and oxygen atoms in total. The molecule has 3 N–H and O–H groups in total. The van der Waals surface area contributed by atoms with Crippen molar-refractivity contribution in [1.29, 1.82) is 0 Å². The van der Waals surface area contributed by atoms with Crippen LogP contribution in [0.2, 0.25) is 0 Å². The van der Waals surface area contributed by atoms with E-state index < -0.39 is 15.9 Å². The van der Waals surface area contributed by atoms with Crippen LogP contribution in [0.4, 0.5) is 5.69 Å². The second-order valence-corrected chi connectivity index (χ2v) is 7.00. The van der Waals surface area contributed by atoms with Gasteiger partial charge in [0.1, 0.15) is 0 Å². The molecule has 0 fully saturated rings. The molecule has 0 saturated heterocycles. The summed E-state index contributed by atoms with van der Waals surface area (Å²) in [5, 5.41) is 2.70. The Kier molecular flexibility index (Phi) is 5.71. The van der Waals surface area contributed by atoms with Crippen molar-refractivity contribution < 1.29 is 13.2 Å². The van der Waals surface area contributed by atoms with Crippen LogP contribution in [-0.4, -0.2) is 26.6 Å². The average molecular weight is 298 g/mol. The molecule has 1 amide bonds. The summed E-state index contributed by atoms with van der Waals surface area (Å²) in [5.41, 5.74) is 7.08. The molecule has 1 aromatic carbocycles. The molecule has 112 valence electrons. The van der Waals surface area contributed by atoms with Gasteiger partial charge in [-0.05, 0) is 31.0 Å². The number of amides is 1. The Morgan fingerprint density at radius 3 is 2.60 bits per heavy atom. The molecule has 0 heterocycles. The third-order valence-corrected chi connectivity index (χ3v) is 4.21. The Hall–Kier alpha value is -1.40. The minimum Gasteiger partial charge on any atom is -0.324 e. The summed E-state index contributed by atoms with van der Waals surface area (Å²) < 4.78 is 23.0. The van der Waals surface area contributed by atoms with Crippen molar-refractivity contribution in [2.45, 2.75) is 44.0 Å². The summed E-state index contributed by atoms with van der Waals surface area (Å²) in [6, 6.07) is 4.09. The molecule has 0 aliphatic rings. The summed E-state index contributed by atoms with van der Waals surface area (Å²) in [6.07, 6.45) is 3.61. The van der Waals surface area contributed by atoms with Crippen LogP contribution in [-0.2, 0) is 14.6 Å². The van der Waals surface area contributed by atoms with Crippen molar-refractivity contribution in [3.05, 3.63) is 23.8 Å². The third-order valence-electron chi connectivity index (χ3n) is 3.10. The van der Waals surface area contributed by atoms with E-state index in [1.807, 2.05) is 6.92 Å². The van der Waals surface area contributed by atoms with E-state index in [4.69, 9.17) is 5.73 Å². The van der Waals surface area contributed by atoms with Crippen molar-refractivity contribution in [2.75, 3.05) is 11.6 Å². The first-order valence-corrected chi connectivity index (χ1v) is 8.52. The number of benzene rings is 1. The predicted molar refractivity (Wildman–Crippen MR) is 80.4 cm³/mol. The maximum atomic E-state index is 11.9. The number of rotatable bonds is 6. The van der Waals surface area contributed by atoms with Crippen LogP contribution in [0.15, 0.2) is 23.1 Å². The van der Waals surface area contributed by atoms with Crippen LogP contribution in [0, 0.1) is 6.92 Å². The monoisotopic (exact) mass is 298 g/mol. The van der Waals surface area contributed by atoms with E-state index in [1.54, 1.807) is 13.0 Å². The number of nitrogens with two attached hydrogens (primary N) is 1. The van der Waals surface area contributed by atoms with Crippen LogP contribution in [0.3, 0.4) is 0 Å². The summed E-state index contributed by atoms with van der Waals surface area (Å²) in [4.78, 5) is 12.1. The van der Waals surface area contributed by atoms with E-state index >= 15 is 0 Å². The molecule has 0 saturated carbocycles. The van der Waals surface area contributed by atoms with Gasteiger partial charge in [-0.15, -0.1) is 0 Å². The summed E-state index contributed by atoms with van der Waals surface area (Å²) >= 11 is 0. The van der Waals surface area contributed by atoms with Crippen LogP contribution >= 0.6 is 0 Å². The molecule has 0 spiro atoms. The van der Waals surface area contributed by atoms with Gasteiger partial charge >= 0.3 is 0 Å². The Labute approximate surface area is 120 Å². The van der Waals surface area contributed by atoms with Crippen molar-refractivity contribution in [3.8, 4) is 0 Å². The molecule has 20 heavy (non-hydrogen) atoms. The number of carbonyl (C=O) groups is 1. The van der Waals surface area contributed by atoms with Crippen molar-refractivity contribution >= 4 is 21.4 Å². The maximum absolute atomic E-state index is 11.9. The molecular formula is C14H22N2O3S. The van der Waals surface area contributed by atoms with Crippen LogP contribution in [0.1, 0.15) is 31.7 Å². The number of aryl methyl sites for hydroxylation is 1. The lowest BCUT2D eigenvalue weighted by atomic mass is 10.1. The standard InChI is InChI=1S/C14H22N2O3S/c1-4-5-6-12(15)14(17)16-13-9-11(20(3,18)19)8-7-10(13)2/h7-9,12H,4-6,15H2,1-3H3,(H,16,17)/t12-/m0/s1. The molecule has 0 bridgehead atoms. The van der Waals surface area contributed by atoms with Crippen LogP contribution in [0.5, 0.6) is 0 Å². The zero-order valence-electron chi connectivity index (χ0n) is 12.1. The van der Waals surface area contributed by atoms with E-state index in [0.717, 1.165) is 24.7 Å². The van der Waals surface area contributed by atoms with E-state index in [2.05, 4.69) is 5.32 Å². The lowest BCUT2D eigenvalue weighted by Gasteiger charge is -2.14. The van der Waals surface area contributed by atoms with Gasteiger partial charge in [0.15, 0.2) is 9.84 Å². The smallest absolute Gasteiger partial charge is 0.241 e. The molecule has 0 aliphatic heterocycles. The van der Waals surface area contributed by atoms with Crippen LogP contribution in [0.25, 0.3) is 0 Å². The van der Waals surface area contributed by atoms with Gasteiger partial charge < -0.3 is 11.1 Å². The van der Waals surface area contributed by atoms with Gasteiger partial charge in [-0.2, -0.15) is 0 Å². The number of hydrogen-bond acceptors (Lipinski definition) is 4. The minimum absolute atomic E-state index is 0.181. The largest absolute Gasteiger partial charge is 0.324 e. The molecular weight excluding hydrogens is 276 g/mol. The number of carbonyl (C=O) groups excluding carboxylic acids is 1. The van der Waals surface area contributed by atoms with Crippen molar-refractivity contribution in [2.24, 2.45) is 5.73 Å². The molecule has 0 aromatic heterocycles. The topological polar surface area (TPSA) is 89.3 Å². The zero-order valence-corrected chi connectivity index (χ0v) is 13.0. The molecule has 6 heteroatoms. The van der Waals surface area contributed by atoms with Gasteiger partial charge in [0, 0.05) is 11.9 Å². The number of sulfone groups is 1. The van der Waals surface area contributed by atoms with Gasteiger partial charge in [0.2, 0.25) is 5.91 Å². The lowest BCUT2D eigenvalue weighted by Crippen LogP contribution is -2.35. The Morgan fingerprint density at radius 1 is 1.40 bits per heavy atom. The Bertz CT molecular complexity index is 582. The normalized spacial score (nSPS) is 13.0. The first-order chi connectivity index (χ1) is 9.25. The van der Waals surface area contributed by atoms with E-state index in [9.17, 15) is 13.2 Å². The summed E-state index contributed by atoms with van der Waals surface area (Å²) in [6.45, 7) is 3.84. The minimum atomic E-state index is -3.29. The average Bonchev–Trinajstić information content (AvgIpc) is 2.37. The second kappa shape index (κ2) is 6.85. The first kappa shape index (κ1) is 16.7. The van der Waals surface area contributed by atoms with Gasteiger partial charge in [-0.25, -0.2) is 8.42 Å². The number of anilines is 1. The fourth-order valence-electron chi connectivity index (χ4n) is 1.75. The summed E-state index contributed by atoms with van der Waals surface area (Å²) in [7, 11) is -3.29. The number of unbranched alkanes of at least 4 members (excludes halogenated alkanes) is 1. The maximum Gasteiger partial charge on any atom is 0.241 e.